The standard InChI is InChI=1S/C9H20N2S/c1-12-8-7-10-5-2-6-11-9-3-4-9/h9-11H,2-8H2,1H3. The lowest BCUT2D eigenvalue weighted by Gasteiger charge is -2.03. The molecular formula is C9H20N2S. The third kappa shape index (κ3) is 5.86. The van der Waals surface area contributed by atoms with Crippen LogP contribution in [0.4, 0.5) is 0 Å². The van der Waals surface area contributed by atoms with E-state index in [9.17, 15) is 0 Å². The Labute approximate surface area is 79.9 Å². The molecule has 1 rings (SSSR count). The quantitative estimate of drug-likeness (QED) is 0.557. The van der Waals surface area contributed by atoms with Crippen molar-refractivity contribution < 1.29 is 0 Å². The molecule has 0 aromatic carbocycles. The molecule has 0 radical (unpaired) electrons. The highest BCUT2D eigenvalue weighted by Crippen LogP contribution is 2.18. The fourth-order valence-corrected chi connectivity index (χ4v) is 1.45. The third-order valence-corrected chi connectivity index (χ3v) is 2.64. The Hall–Kier alpha value is 0.270. The highest BCUT2D eigenvalue weighted by Gasteiger charge is 2.19. The van der Waals surface area contributed by atoms with Crippen LogP contribution in [0.25, 0.3) is 0 Å². The van der Waals surface area contributed by atoms with Crippen LogP contribution in [0.15, 0.2) is 0 Å². The van der Waals surface area contributed by atoms with Crippen molar-refractivity contribution in [1.29, 1.82) is 0 Å². The Balaban J connectivity index is 1.65. The average Bonchev–Trinajstić information content (AvgIpc) is 2.87. The molecule has 0 saturated heterocycles. The van der Waals surface area contributed by atoms with E-state index in [-0.39, 0.29) is 0 Å². The molecule has 1 aliphatic carbocycles. The van der Waals surface area contributed by atoms with Gasteiger partial charge in [0.1, 0.15) is 0 Å². The molecule has 0 heterocycles. The molecule has 0 bridgehead atoms. The summed E-state index contributed by atoms with van der Waals surface area (Å²) in [6.45, 7) is 3.52. The van der Waals surface area contributed by atoms with Crippen LogP contribution < -0.4 is 10.6 Å². The van der Waals surface area contributed by atoms with Gasteiger partial charge >= 0.3 is 0 Å². The van der Waals surface area contributed by atoms with Gasteiger partial charge in [-0.2, -0.15) is 11.8 Å². The van der Waals surface area contributed by atoms with Gasteiger partial charge in [0.2, 0.25) is 0 Å². The van der Waals surface area contributed by atoms with E-state index in [0.717, 1.165) is 12.6 Å². The Kier molecular flexibility index (Phi) is 5.82. The maximum Gasteiger partial charge on any atom is 0.00682 e. The average molecular weight is 188 g/mol. The molecule has 0 unspecified atom stereocenters. The molecule has 72 valence electrons. The fourth-order valence-electron chi connectivity index (χ4n) is 1.11. The highest BCUT2D eigenvalue weighted by molar-refractivity contribution is 7.98. The van der Waals surface area contributed by atoms with Crippen molar-refractivity contribution in [3.8, 4) is 0 Å². The van der Waals surface area contributed by atoms with E-state index in [1.165, 1.54) is 38.1 Å². The molecule has 0 spiro atoms. The molecule has 0 amide bonds. The van der Waals surface area contributed by atoms with Gasteiger partial charge in [-0.3, -0.25) is 0 Å². The third-order valence-electron chi connectivity index (χ3n) is 2.02. The molecule has 3 heteroatoms. The van der Waals surface area contributed by atoms with Crippen molar-refractivity contribution in [3.63, 3.8) is 0 Å². The lowest BCUT2D eigenvalue weighted by molar-refractivity contribution is 0.605. The van der Waals surface area contributed by atoms with Crippen LogP contribution in [0.2, 0.25) is 0 Å². The van der Waals surface area contributed by atoms with E-state index in [4.69, 9.17) is 0 Å². The van der Waals surface area contributed by atoms with E-state index >= 15 is 0 Å². The van der Waals surface area contributed by atoms with Crippen LogP contribution in [-0.2, 0) is 0 Å². The molecule has 0 aromatic heterocycles. The van der Waals surface area contributed by atoms with Crippen LogP contribution in [0.1, 0.15) is 19.3 Å². The zero-order valence-corrected chi connectivity index (χ0v) is 8.75. The normalized spacial score (nSPS) is 16.8. The Bertz CT molecular complexity index is 105. The van der Waals surface area contributed by atoms with E-state index in [1.54, 1.807) is 0 Å². The molecule has 2 nitrogen and oxygen atoms in total. The van der Waals surface area contributed by atoms with Crippen LogP contribution in [-0.4, -0.2) is 37.7 Å². The number of nitrogens with one attached hydrogen (secondary N) is 2. The second kappa shape index (κ2) is 6.75. The first-order valence-electron chi connectivity index (χ1n) is 4.86. The van der Waals surface area contributed by atoms with E-state index in [1.807, 2.05) is 11.8 Å². The predicted molar refractivity (Wildman–Crippen MR) is 56.9 cm³/mol. The maximum atomic E-state index is 3.50. The molecule has 12 heavy (non-hydrogen) atoms. The summed E-state index contributed by atoms with van der Waals surface area (Å²) >= 11 is 1.90. The second-order valence-corrected chi connectivity index (χ2v) is 4.31. The van der Waals surface area contributed by atoms with E-state index in [2.05, 4.69) is 16.9 Å². The summed E-state index contributed by atoms with van der Waals surface area (Å²) in [7, 11) is 0. The number of rotatable bonds is 8. The molecule has 1 fully saturated rings. The van der Waals surface area contributed by atoms with Crippen LogP contribution >= 0.6 is 11.8 Å². The minimum atomic E-state index is 0.871. The molecule has 0 aliphatic heterocycles. The van der Waals surface area contributed by atoms with Gasteiger partial charge in [-0.25, -0.2) is 0 Å². The lowest BCUT2D eigenvalue weighted by atomic mass is 10.4. The van der Waals surface area contributed by atoms with Gasteiger partial charge < -0.3 is 10.6 Å². The molecule has 0 aromatic rings. The topological polar surface area (TPSA) is 24.1 Å². The van der Waals surface area contributed by atoms with Gasteiger partial charge in [-0.05, 0) is 38.6 Å². The molecule has 1 saturated carbocycles. The van der Waals surface area contributed by atoms with E-state index in [0.29, 0.717) is 0 Å². The van der Waals surface area contributed by atoms with Crippen molar-refractivity contribution in [2.24, 2.45) is 0 Å². The van der Waals surface area contributed by atoms with Crippen molar-refractivity contribution in [2.75, 3.05) is 31.6 Å². The van der Waals surface area contributed by atoms with Crippen molar-refractivity contribution in [3.05, 3.63) is 0 Å². The Morgan fingerprint density at radius 1 is 1.25 bits per heavy atom. The van der Waals surface area contributed by atoms with Crippen molar-refractivity contribution >= 4 is 11.8 Å². The fraction of sp³-hybridized carbons (Fsp3) is 1.00. The minimum absolute atomic E-state index is 0.871. The zero-order chi connectivity index (χ0) is 8.65. The summed E-state index contributed by atoms with van der Waals surface area (Å²) in [6, 6.07) is 0.871. The van der Waals surface area contributed by atoms with Gasteiger partial charge in [-0.1, -0.05) is 0 Å². The van der Waals surface area contributed by atoms with Crippen LogP contribution in [0.5, 0.6) is 0 Å². The molecule has 2 N–H and O–H groups in total. The minimum Gasteiger partial charge on any atom is -0.316 e. The van der Waals surface area contributed by atoms with Gasteiger partial charge in [0, 0.05) is 18.3 Å². The lowest BCUT2D eigenvalue weighted by Crippen LogP contribution is -2.24. The first-order valence-corrected chi connectivity index (χ1v) is 6.26. The number of hydrogen-bond donors (Lipinski definition) is 2. The second-order valence-electron chi connectivity index (χ2n) is 3.32. The summed E-state index contributed by atoms with van der Waals surface area (Å²) in [5, 5.41) is 6.92. The molecule has 0 atom stereocenters. The smallest absolute Gasteiger partial charge is 0.00682 e. The highest BCUT2D eigenvalue weighted by atomic mass is 32.2. The van der Waals surface area contributed by atoms with Gasteiger partial charge in [0.15, 0.2) is 0 Å². The van der Waals surface area contributed by atoms with Crippen molar-refractivity contribution in [1.82, 2.24) is 10.6 Å². The van der Waals surface area contributed by atoms with Gasteiger partial charge in [-0.15, -0.1) is 0 Å². The summed E-state index contributed by atoms with van der Waals surface area (Å²) in [6.07, 6.45) is 6.22. The molecular weight excluding hydrogens is 168 g/mol. The maximum absolute atomic E-state index is 3.50. The largest absolute Gasteiger partial charge is 0.316 e. The summed E-state index contributed by atoms with van der Waals surface area (Å²) in [5.41, 5.74) is 0. The molecule has 1 aliphatic rings. The monoisotopic (exact) mass is 188 g/mol. The van der Waals surface area contributed by atoms with Crippen molar-refractivity contribution in [2.45, 2.75) is 25.3 Å². The van der Waals surface area contributed by atoms with Crippen LogP contribution in [0.3, 0.4) is 0 Å². The first-order chi connectivity index (χ1) is 5.93. The number of thioether (sulfide) groups is 1. The predicted octanol–water partition coefficient (Wildman–Crippen LogP) is 1.08. The Morgan fingerprint density at radius 3 is 2.75 bits per heavy atom. The van der Waals surface area contributed by atoms with Crippen LogP contribution in [0, 0.1) is 0 Å². The van der Waals surface area contributed by atoms with Gasteiger partial charge in [0.05, 0.1) is 0 Å². The summed E-state index contributed by atoms with van der Waals surface area (Å²) in [5.74, 6) is 1.23. The Morgan fingerprint density at radius 2 is 2.08 bits per heavy atom. The first kappa shape index (κ1) is 10.4. The summed E-state index contributed by atoms with van der Waals surface area (Å²) < 4.78 is 0. The van der Waals surface area contributed by atoms with Gasteiger partial charge in [0.25, 0.3) is 0 Å². The number of hydrogen-bond acceptors (Lipinski definition) is 3. The van der Waals surface area contributed by atoms with E-state index < -0.39 is 0 Å². The SMILES string of the molecule is CSCCNCCCNC1CC1. The summed E-state index contributed by atoms with van der Waals surface area (Å²) in [4.78, 5) is 0. The zero-order valence-electron chi connectivity index (χ0n) is 7.94.